The van der Waals surface area contributed by atoms with E-state index in [1.807, 2.05) is 0 Å². The summed E-state index contributed by atoms with van der Waals surface area (Å²) in [5.41, 5.74) is -0.902. The smallest absolute Gasteiger partial charge is 0.287 e. The minimum absolute atomic E-state index is 0.00441. The summed E-state index contributed by atoms with van der Waals surface area (Å²) in [5.74, 6) is -0.379. The van der Waals surface area contributed by atoms with E-state index in [-0.39, 0.29) is 27.1 Å². The van der Waals surface area contributed by atoms with E-state index in [0.717, 1.165) is 6.07 Å². The fourth-order valence-electron chi connectivity index (χ4n) is 2.79. The number of fused-ring (bicyclic) bond motifs is 3. The van der Waals surface area contributed by atoms with Crippen LogP contribution in [0, 0.1) is 10.1 Å². The molecule has 2 aliphatic rings. The highest BCUT2D eigenvalue weighted by Crippen LogP contribution is 2.60. The number of nitro benzene ring substituents is 1. The summed E-state index contributed by atoms with van der Waals surface area (Å²) >= 11 is 12.0. The average Bonchev–Trinajstić information content (AvgIpc) is 3.16. The maximum Gasteiger partial charge on any atom is 0.287 e. The number of para-hydroxylation sites is 1. The van der Waals surface area contributed by atoms with Gasteiger partial charge in [0.1, 0.15) is 5.56 Å². The molecular weight excluding hydrogens is 331 g/mol. The molecule has 2 aromatic carbocycles. The van der Waals surface area contributed by atoms with Crippen LogP contribution in [-0.4, -0.2) is 10.7 Å². The lowest BCUT2D eigenvalue weighted by molar-refractivity contribution is -0.385. The number of rotatable bonds is 2. The largest absolute Gasteiger partial charge is 0.288 e. The zero-order chi connectivity index (χ0) is 15.6. The van der Waals surface area contributed by atoms with Crippen molar-refractivity contribution in [1.29, 1.82) is 0 Å². The van der Waals surface area contributed by atoms with Gasteiger partial charge in [-0.2, -0.15) is 0 Å². The normalized spacial score (nSPS) is 21.5. The van der Waals surface area contributed by atoms with Crippen LogP contribution in [0.15, 0.2) is 36.4 Å². The fourth-order valence-corrected chi connectivity index (χ4v) is 3.40. The summed E-state index contributed by atoms with van der Waals surface area (Å²) in [6, 6.07) is 9.34. The van der Waals surface area contributed by atoms with Gasteiger partial charge in [0.2, 0.25) is 5.78 Å². The second-order valence-electron chi connectivity index (χ2n) is 4.91. The second kappa shape index (κ2) is 4.19. The highest BCUT2D eigenvalue weighted by atomic mass is 35.5. The Balaban J connectivity index is 1.97. The number of carbonyl (C=O) groups excluding carboxylic acids is 1. The molecule has 1 atom stereocenters. The predicted octanol–water partition coefficient (Wildman–Crippen LogP) is 3.70. The second-order valence-corrected chi connectivity index (χ2v) is 5.76. The third-order valence-corrected chi connectivity index (χ3v) is 4.24. The molecule has 0 radical (unpaired) electrons. The average molecular weight is 337 g/mol. The Kier molecular flexibility index (Phi) is 2.57. The maximum absolute atomic E-state index is 12.7. The Morgan fingerprint density at radius 1 is 1.23 bits per heavy atom. The summed E-state index contributed by atoms with van der Waals surface area (Å²) in [4.78, 5) is 28.8. The first-order valence-corrected chi connectivity index (χ1v) is 6.99. The molecule has 22 heavy (non-hydrogen) atoms. The van der Waals surface area contributed by atoms with Gasteiger partial charge in [-0.15, -0.1) is 0 Å². The van der Waals surface area contributed by atoms with Crippen molar-refractivity contribution in [3.05, 3.63) is 67.7 Å². The zero-order valence-corrected chi connectivity index (χ0v) is 12.3. The lowest BCUT2D eigenvalue weighted by Gasteiger charge is -2.09. The maximum atomic E-state index is 12.7. The molecule has 4 rings (SSSR count). The van der Waals surface area contributed by atoms with E-state index in [9.17, 15) is 14.9 Å². The van der Waals surface area contributed by atoms with E-state index in [2.05, 4.69) is 0 Å². The van der Waals surface area contributed by atoms with Gasteiger partial charge in [0.25, 0.3) is 11.4 Å². The van der Waals surface area contributed by atoms with Gasteiger partial charge in [-0.25, -0.2) is 9.90 Å². The number of anilines is 1. The lowest BCUT2D eigenvalue weighted by atomic mass is 9.97. The SMILES string of the molecule is O=C1c2ccccc2N2O[C@]12c1c(Cl)cc(Cl)cc1[N+](=O)[O-]. The van der Waals surface area contributed by atoms with Crippen LogP contribution in [0.4, 0.5) is 11.4 Å². The Labute approximate surface area is 133 Å². The highest BCUT2D eigenvalue weighted by Gasteiger charge is 2.71. The Hall–Kier alpha value is -2.15. The quantitative estimate of drug-likeness (QED) is 0.474. The third kappa shape index (κ3) is 1.51. The van der Waals surface area contributed by atoms with Crippen molar-refractivity contribution in [2.45, 2.75) is 5.72 Å². The molecular formula is C14H6Cl2N2O4. The summed E-state index contributed by atoms with van der Waals surface area (Å²) < 4.78 is 0. The first-order chi connectivity index (χ1) is 10.5. The van der Waals surface area contributed by atoms with Crippen molar-refractivity contribution < 1.29 is 14.6 Å². The molecule has 0 saturated carbocycles. The number of hydroxylamine groups is 1. The van der Waals surface area contributed by atoms with Gasteiger partial charge in [-0.1, -0.05) is 35.3 Å². The van der Waals surface area contributed by atoms with E-state index in [0.29, 0.717) is 11.3 Å². The van der Waals surface area contributed by atoms with Crippen molar-refractivity contribution >= 4 is 40.4 Å². The van der Waals surface area contributed by atoms with Crippen molar-refractivity contribution in [1.82, 2.24) is 0 Å². The first kappa shape index (κ1) is 13.5. The van der Waals surface area contributed by atoms with E-state index in [1.54, 1.807) is 24.3 Å². The summed E-state index contributed by atoms with van der Waals surface area (Å²) in [6.07, 6.45) is 0. The first-order valence-electron chi connectivity index (χ1n) is 6.24. The van der Waals surface area contributed by atoms with E-state index in [1.165, 1.54) is 11.1 Å². The Morgan fingerprint density at radius 2 is 1.95 bits per heavy atom. The molecule has 8 heteroatoms. The number of hydrogen-bond donors (Lipinski definition) is 0. The van der Waals surface area contributed by atoms with E-state index < -0.39 is 10.6 Å². The van der Waals surface area contributed by atoms with Crippen molar-refractivity contribution in [3.63, 3.8) is 0 Å². The fraction of sp³-hybridized carbons (Fsp3) is 0.0714. The van der Waals surface area contributed by atoms with Gasteiger partial charge in [0, 0.05) is 16.7 Å². The molecule has 0 bridgehead atoms. The van der Waals surface area contributed by atoms with Gasteiger partial charge in [-0.3, -0.25) is 14.9 Å². The van der Waals surface area contributed by atoms with Crippen LogP contribution in [0.2, 0.25) is 10.0 Å². The number of halogens is 2. The standard InChI is InChI=1S/C14H6Cl2N2O4/c15-7-5-9(16)12(11(6-7)18(20)21)14-13(19)8-3-1-2-4-10(8)17(14)22-14/h1-6H/t14-,17?/m1/s1. The molecule has 0 aliphatic carbocycles. The molecule has 0 aromatic heterocycles. The molecule has 2 aliphatic heterocycles. The van der Waals surface area contributed by atoms with Crippen molar-refractivity contribution in [2.24, 2.45) is 0 Å². The van der Waals surface area contributed by atoms with Crippen LogP contribution in [0.25, 0.3) is 0 Å². The molecule has 0 N–H and O–H groups in total. The monoisotopic (exact) mass is 336 g/mol. The number of Topliss-reactive ketones (excluding diaryl/α,β-unsaturated/α-hetero) is 1. The van der Waals surface area contributed by atoms with E-state index in [4.69, 9.17) is 28.0 Å². The summed E-state index contributed by atoms with van der Waals surface area (Å²) in [6.45, 7) is 0. The van der Waals surface area contributed by atoms with Crippen LogP contribution in [-0.2, 0) is 10.6 Å². The number of ketones is 1. The number of carbonyl (C=O) groups is 1. The Bertz CT molecular complexity index is 870. The number of nitro groups is 1. The minimum atomic E-state index is -1.56. The predicted molar refractivity (Wildman–Crippen MR) is 79.1 cm³/mol. The lowest BCUT2D eigenvalue weighted by Crippen LogP contribution is -2.23. The van der Waals surface area contributed by atoms with Crippen LogP contribution in [0.3, 0.4) is 0 Å². The zero-order valence-electron chi connectivity index (χ0n) is 10.7. The summed E-state index contributed by atoms with van der Waals surface area (Å²) in [7, 11) is 0. The topological polar surface area (TPSA) is 75.8 Å². The Morgan fingerprint density at radius 3 is 2.64 bits per heavy atom. The van der Waals surface area contributed by atoms with Crippen LogP contribution in [0.1, 0.15) is 15.9 Å². The van der Waals surface area contributed by atoms with Crippen LogP contribution in [0.5, 0.6) is 0 Å². The number of hydrogen-bond acceptors (Lipinski definition) is 5. The van der Waals surface area contributed by atoms with Crippen LogP contribution < -0.4 is 5.06 Å². The number of benzene rings is 2. The van der Waals surface area contributed by atoms with Gasteiger partial charge in [-0.05, 0) is 18.2 Å². The van der Waals surface area contributed by atoms with Crippen molar-refractivity contribution in [2.75, 3.05) is 5.06 Å². The minimum Gasteiger partial charge on any atom is -0.288 e. The van der Waals surface area contributed by atoms with Crippen LogP contribution >= 0.6 is 23.2 Å². The number of nitrogens with zero attached hydrogens (tertiary/aromatic N) is 2. The highest BCUT2D eigenvalue weighted by molar-refractivity contribution is 6.36. The van der Waals surface area contributed by atoms with Crippen molar-refractivity contribution in [3.8, 4) is 0 Å². The third-order valence-electron chi connectivity index (χ3n) is 3.72. The molecule has 0 unspecified atom stereocenters. The molecule has 0 amide bonds. The molecule has 110 valence electrons. The van der Waals surface area contributed by atoms with Gasteiger partial charge < -0.3 is 0 Å². The molecule has 2 aromatic rings. The molecule has 6 nitrogen and oxygen atoms in total. The molecule has 1 fully saturated rings. The molecule has 2 heterocycles. The van der Waals surface area contributed by atoms with Gasteiger partial charge in [0.05, 0.1) is 15.6 Å². The summed E-state index contributed by atoms with van der Waals surface area (Å²) in [5, 5.41) is 12.8. The molecule has 1 saturated heterocycles. The van der Waals surface area contributed by atoms with E-state index >= 15 is 0 Å². The van der Waals surface area contributed by atoms with Gasteiger partial charge >= 0.3 is 0 Å². The van der Waals surface area contributed by atoms with Gasteiger partial charge in [0.15, 0.2) is 0 Å². The molecule has 0 spiro atoms.